The number of rotatable bonds is 1. The van der Waals surface area contributed by atoms with E-state index in [1.165, 1.54) is 4.68 Å². The lowest BCUT2D eigenvalue weighted by Crippen LogP contribution is -2.21. The zero-order chi connectivity index (χ0) is 11.9. The Morgan fingerprint density at radius 2 is 2.12 bits per heavy atom. The molecule has 0 aliphatic rings. The Balaban J connectivity index is 2.75. The van der Waals surface area contributed by atoms with Gasteiger partial charge in [0.15, 0.2) is 5.82 Å². The molecule has 6 heteroatoms. The van der Waals surface area contributed by atoms with Gasteiger partial charge < -0.3 is 0 Å². The summed E-state index contributed by atoms with van der Waals surface area (Å²) in [6.45, 7) is 1.89. The third-order valence-electron chi connectivity index (χ3n) is 2.40. The Bertz CT molecular complexity index is 603. The predicted octanol–water partition coefficient (Wildman–Crippen LogP) is 2.14. The fraction of sp³-hybridized carbons (Fsp3) is 0.200. The molecule has 0 saturated carbocycles. The van der Waals surface area contributed by atoms with Gasteiger partial charge in [0.25, 0.3) is 5.56 Å². The van der Waals surface area contributed by atoms with Gasteiger partial charge in [-0.05, 0) is 41.6 Å². The minimum absolute atomic E-state index is 0.0737. The van der Waals surface area contributed by atoms with Gasteiger partial charge in [-0.25, -0.2) is 4.98 Å². The summed E-state index contributed by atoms with van der Waals surface area (Å²) < 4.78 is 3.97. The van der Waals surface area contributed by atoms with Crippen LogP contribution in [0.3, 0.4) is 0 Å². The lowest BCUT2D eigenvalue weighted by molar-refractivity contribution is 0.619. The molecule has 0 atom stereocenters. The first-order chi connectivity index (χ1) is 7.52. The normalized spacial score (nSPS) is 10.8. The maximum atomic E-state index is 12.0. The van der Waals surface area contributed by atoms with Crippen molar-refractivity contribution < 1.29 is 0 Å². The SMILES string of the molecule is Cc1c(I)c(=O)n(-c2cccc(Cl)n2)n1C. The molecule has 0 aromatic carbocycles. The molecule has 0 saturated heterocycles. The van der Waals surface area contributed by atoms with Crippen molar-refractivity contribution in [2.45, 2.75) is 6.92 Å². The molecule has 0 unspecified atom stereocenters. The summed E-state index contributed by atoms with van der Waals surface area (Å²) in [4.78, 5) is 16.1. The highest BCUT2D eigenvalue weighted by molar-refractivity contribution is 14.1. The monoisotopic (exact) mass is 349 g/mol. The Morgan fingerprint density at radius 1 is 1.44 bits per heavy atom. The Kier molecular flexibility index (Phi) is 3.07. The van der Waals surface area contributed by atoms with Gasteiger partial charge in [-0.1, -0.05) is 17.7 Å². The Labute approximate surface area is 111 Å². The van der Waals surface area contributed by atoms with Crippen LogP contribution in [-0.4, -0.2) is 14.3 Å². The minimum atomic E-state index is -0.0737. The number of aromatic nitrogens is 3. The van der Waals surface area contributed by atoms with Gasteiger partial charge in [0, 0.05) is 7.05 Å². The van der Waals surface area contributed by atoms with E-state index in [1.54, 1.807) is 22.9 Å². The fourth-order valence-corrected chi connectivity index (χ4v) is 2.19. The predicted molar refractivity (Wildman–Crippen MR) is 71.3 cm³/mol. The summed E-state index contributed by atoms with van der Waals surface area (Å²) in [6.07, 6.45) is 0. The third-order valence-corrected chi connectivity index (χ3v) is 3.85. The van der Waals surface area contributed by atoms with Gasteiger partial charge in [0.1, 0.15) is 8.72 Å². The van der Waals surface area contributed by atoms with Gasteiger partial charge in [-0.15, -0.1) is 0 Å². The van der Waals surface area contributed by atoms with Crippen LogP contribution in [0.1, 0.15) is 5.69 Å². The van der Waals surface area contributed by atoms with Gasteiger partial charge >= 0.3 is 0 Å². The fourth-order valence-electron chi connectivity index (χ4n) is 1.45. The average Bonchev–Trinajstić information content (AvgIpc) is 2.44. The van der Waals surface area contributed by atoms with E-state index < -0.39 is 0 Å². The Hall–Kier alpha value is -0.820. The van der Waals surface area contributed by atoms with E-state index in [-0.39, 0.29) is 5.56 Å². The highest BCUT2D eigenvalue weighted by Gasteiger charge is 2.14. The molecule has 2 aromatic heterocycles. The molecule has 2 heterocycles. The first-order valence-corrected chi connectivity index (χ1v) is 6.05. The van der Waals surface area contributed by atoms with Crippen molar-refractivity contribution in [2.75, 3.05) is 0 Å². The van der Waals surface area contributed by atoms with Crippen LogP contribution in [0.5, 0.6) is 0 Å². The van der Waals surface area contributed by atoms with Crippen LogP contribution >= 0.6 is 34.2 Å². The molecule has 0 fully saturated rings. The highest BCUT2D eigenvalue weighted by atomic mass is 127. The van der Waals surface area contributed by atoms with Crippen LogP contribution in [0.15, 0.2) is 23.0 Å². The van der Waals surface area contributed by atoms with Crippen molar-refractivity contribution in [3.8, 4) is 5.82 Å². The second-order valence-electron chi connectivity index (χ2n) is 3.36. The van der Waals surface area contributed by atoms with E-state index >= 15 is 0 Å². The second kappa shape index (κ2) is 4.21. The van der Waals surface area contributed by atoms with Crippen LogP contribution in [0.4, 0.5) is 0 Å². The zero-order valence-electron chi connectivity index (χ0n) is 8.74. The van der Waals surface area contributed by atoms with Gasteiger partial charge in [0.05, 0.1) is 5.69 Å². The van der Waals surface area contributed by atoms with Crippen molar-refractivity contribution in [2.24, 2.45) is 7.05 Å². The maximum absolute atomic E-state index is 12.0. The van der Waals surface area contributed by atoms with Gasteiger partial charge in [-0.2, -0.15) is 4.68 Å². The quantitative estimate of drug-likeness (QED) is 0.584. The van der Waals surface area contributed by atoms with Crippen molar-refractivity contribution in [1.29, 1.82) is 0 Å². The number of nitrogens with zero attached hydrogens (tertiary/aromatic N) is 3. The Morgan fingerprint density at radius 3 is 2.62 bits per heavy atom. The molecule has 0 aliphatic heterocycles. The molecule has 2 aromatic rings. The van der Waals surface area contributed by atoms with Crippen molar-refractivity contribution >= 4 is 34.2 Å². The van der Waals surface area contributed by atoms with E-state index in [0.717, 1.165) is 5.69 Å². The molecule has 4 nitrogen and oxygen atoms in total. The molecule has 0 N–H and O–H groups in total. The second-order valence-corrected chi connectivity index (χ2v) is 4.82. The largest absolute Gasteiger partial charge is 0.286 e. The van der Waals surface area contributed by atoms with Crippen LogP contribution in [-0.2, 0) is 7.05 Å². The first-order valence-electron chi connectivity index (χ1n) is 4.59. The van der Waals surface area contributed by atoms with Crippen molar-refractivity contribution in [3.05, 3.63) is 43.0 Å². The van der Waals surface area contributed by atoms with E-state index in [0.29, 0.717) is 14.5 Å². The van der Waals surface area contributed by atoms with Gasteiger partial charge in [-0.3, -0.25) is 9.48 Å². The summed E-state index contributed by atoms with van der Waals surface area (Å²) in [5.41, 5.74) is 0.836. The van der Waals surface area contributed by atoms with Crippen LogP contribution in [0, 0.1) is 10.5 Å². The zero-order valence-corrected chi connectivity index (χ0v) is 11.7. The molecule has 0 bridgehead atoms. The number of hydrogen-bond donors (Lipinski definition) is 0. The lowest BCUT2D eigenvalue weighted by Gasteiger charge is -2.06. The number of halogens is 2. The van der Waals surface area contributed by atoms with E-state index in [1.807, 2.05) is 36.6 Å². The topological polar surface area (TPSA) is 39.8 Å². The summed E-state index contributed by atoms with van der Waals surface area (Å²) in [5, 5.41) is 0.373. The minimum Gasteiger partial charge on any atom is -0.283 e. The van der Waals surface area contributed by atoms with E-state index in [4.69, 9.17) is 11.6 Å². The van der Waals surface area contributed by atoms with Crippen LogP contribution in [0.25, 0.3) is 5.82 Å². The summed E-state index contributed by atoms with van der Waals surface area (Å²) in [5.74, 6) is 0.533. The molecule has 0 radical (unpaired) electrons. The molecular weight excluding hydrogens is 340 g/mol. The molecular formula is C10H9ClIN3O. The van der Waals surface area contributed by atoms with Gasteiger partial charge in [0.2, 0.25) is 0 Å². The molecule has 16 heavy (non-hydrogen) atoms. The summed E-state index contributed by atoms with van der Waals surface area (Å²) in [6, 6.07) is 5.20. The molecule has 84 valence electrons. The molecule has 0 aliphatic carbocycles. The summed E-state index contributed by atoms with van der Waals surface area (Å²) in [7, 11) is 1.82. The molecule has 2 rings (SSSR count). The average molecular weight is 350 g/mol. The number of hydrogen-bond acceptors (Lipinski definition) is 2. The smallest absolute Gasteiger partial charge is 0.283 e. The molecule has 0 amide bonds. The third kappa shape index (κ3) is 1.78. The van der Waals surface area contributed by atoms with Crippen molar-refractivity contribution in [3.63, 3.8) is 0 Å². The first kappa shape index (κ1) is 11.7. The maximum Gasteiger partial charge on any atom is 0.286 e. The van der Waals surface area contributed by atoms with E-state index in [9.17, 15) is 4.79 Å². The lowest BCUT2D eigenvalue weighted by atomic mass is 10.4. The van der Waals surface area contributed by atoms with Crippen LogP contribution in [0.2, 0.25) is 5.15 Å². The van der Waals surface area contributed by atoms with Crippen LogP contribution < -0.4 is 5.56 Å². The molecule has 0 spiro atoms. The van der Waals surface area contributed by atoms with Crippen molar-refractivity contribution in [1.82, 2.24) is 14.3 Å². The highest BCUT2D eigenvalue weighted by Crippen LogP contribution is 2.12. The van der Waals surface area contributed by atoms with E-state index in [2.05, 4.69) is 4.98 Å². The summed E-state index contributed by atoms with van der Waals surface area (Å²) >= 11 is 7.84. The number of pyridine rings is 1. The standard InChI is InChI=1S/C10H9ClIN3O/c1-6-9(12)10(16)15(14(6)2)8-5-3-4-7(11)13-8/h3-5H,1-2H3.